The Bertz CT molecular complexity index is 5090. The van der Waals surface area contributed by atoms with E-state index in [2.05, 4.69) is 20.0 Å². The minimum Gasteiger partial charge on any atom is -0.506 e. The first-order valence-corrected chi connectivity index (χ1v) is 32.0. The Morgan fingerprint density at radius 1 is 0.543 bits per heavy atom. The molecule has 4 heterocycles. The topological polar surface area (TPSA) is 314 Å². The molecule has 0 amide bonds. The first-order valence-electron chi connectivity index (χ1n) is 24.5. The van der Waals surface area contributed by atoms with Crippen molar-refractivity contribution in [3.63, 3.8) is 0 Å². The number of hydrogen-bond donors (Lipinski definition) is 3. The smallest absolute Gasteiger partial charge is 0.506 e. The van der Waals surface area contributed by atoms with E-state index in [9.17, 15) is 113 Å². The highest BCUT2D eigenvalue weighted by molar-refractivity contribution is 14.1. The fraction of sp³-hybridized carbons (Fsp3) is 0.222. The van der Waals surface area contributed by atoms with Crippen molar-refractivity contribution in [3.8, 4) is 45.1 Å². The van der Waals surface area contributed by atoms with Gasteiger partial charge in [0.25, 0.3) is 22.2 Å². The van der Waals surface area contributed by atoms with Crippen molar-refractivity contribution >= 4 is 120 Å². The predicted molar refractivity (Wildman–Crippen MR) is 342 cm³/mol. The normalized spacial score (nSPS) is 11.8. The minimum atomic E-state index is -6.85. The average Bonchev–Trinajstić information content (AvgIpc) is 0.732. The Morgan fingerprint density at radius 2 is 0.883 bits per heavy atom. The first kappa shape index (κ1) is 79.0. The number of aromatic hydroxyl groups is 1. The van der Waals surface area contributed by atoms with Crippen LogP contribution in [-0.4, -0.2) is 84.5 Å². The van der Waals surface area contributed by atoms with Crippen molar-refractivity contribution in [2.75, 3.05) is 0 Å². The molecule has 3 N–H and O–H groups in total. The lowest BCUT2D eigenvalue weighted by Gasteiger charge is -2.20. The second kappa shape index (κ2) is 30.5. The van der Waals surface area contributed by atoms with Crippen LogP contribution in [-0.2, 0) is 74.4 Å². The van der Waals surface area contributed by atoms with Crippen LogP contribution in [0, 0.1) is 54.8 Å². The molecule has 0 atom stereocenters. The van der Waals surface area contributed by atoms with Crippen LogP contribution in [0.5, 0.6) is 11.5 Å². The van der Waals surface area contributed by atoms with Gasteiger partial charge in [-0.25, -0.2) is 27.5 Å². The van der Waals surface area contributed by atoms with Crippen LogP contribution >= 0.6 is 67.8 Å². The van der Waals surface area contributed by atoms with Gasteiger partial charge < -0.3 is 19.5 Å². The molecule has 0 aliphatic rings. The molecule has 0 saturated heterocycles. The Balaban J connectivity index is 0.000000312. The van der Waals surface area contributed by atoms with Gasteiger partial charge in [-0.1, -0.05) is 56.0 Å². The number of aliphatic hydroxyl groups is 2. The highest BCUT2D eigenvalue weighted by Gasteiger charge is 2.57. The average molecular weight is 1730 g/mol. The first-order chi connectivity index (χ1) is 42.9. The number of halogens is 14. The number of fused-ring (bicyclic) bond motifs is 2. The molecule has 0 aliphatic heterocycles. The Kier molecular flexibility index (Phi) is 25.6. The highest BCUT2D eigenvalue weighted by Crippen LogP contribution is 2.34. The van der Waals surface area contributed by atoms with Gasteiger partial charge >= 0.3 is 58.3 Å². The summed E-state index contributed by atoms with van der Waals surface area (Å²) in [5.41, 5.74) is -24.5. The summed E-state index contributed by atoms with van der Waals surface area (Å²) in [6.07, 6.45) is 4.71. The van der Waals surface area contributed by atoms with Crippen LogP contribution in [0.3, 0.4) is 0 Å². The monoisotopic (exact) mass is 1730 g/mol. The van der Waals surface area contributed by atoms with E-state index in [-0.39, 0.29) is 49.5 Å². The predicted octanol–water partition coefficient (Wildman–Crippen LogP) is 7.18. The zero-order valence-electron chi connectivity index (χ0n) is 46.7. The van der Waals surface area contributed by atoms with Crippen LogP contribution in [0.25, 0.3) is 33.4 Å². The van der Waals surface area contributed by atoms with Crippen molar-refractivity contribution in [1.82, 2.24) is 27.4 Å². The van der Waals surface area contributed by atoms with Crippen LogP contribution in [0.15, 0.2) is 114 Å². The zero-order valence-corrected chi connectivity index (χ0v) is 55.7. The zero-order chi connectivity index (χ0) is 70.6. The fourth-order valence-corrected chi connectivity index (χ4v) is 11.1. The van der Waals surface area contributed by atoms with Crippen molar-refractivity contribution in [2.24, 2.45) is 14.1 Å². The molecule has 506 valence electrons. The van der Waals surface area contributed by atoms with E-state index in [1.165, 1.54) is 56.4 Å². The summed E-state index contributed by atoms with van der Waals surface area (Å²) in [5, 5.41) is 28.1. The largest absolute Gasteiger partial charge is 0.534 e. The third kappa shape index (κ3) is 17.0. The number of hydrogen-bond acceptors (Lipinski definition) is 17. The minimum absolute atomic E-state index is 0. The molecule has 4 aromatic carbocycles. The third-order valence-electron chi connectivity index (χ3n) is 12.4. The van der Waals surface area contributed by atoms with Crippen molar-refractivity contribution in [1.29, 1.82) is 0 Å². The lowest BCUT2D eigenvalue weighted by molar-refractivity contribution is -0.0586. The molecule has 0 bridgehead atoms. The third-order valence-corrected chi connectivity index (χ3v) is 17.5. The van der Waals surface area contributed by atoms with Crippen LogP contribution in [0.1, 0.15) is 40.8 Å². The Hall–Kier alpha value is -7.47. The second-order valence-electron chi connectivity index (χ2n) is 18.4. The summed E-state index contributed by atoms with van der Waals surface area (Å²) in [5.74, 6) is 1.02. The van der Waals surface area contributed by atoms with Gasteiger partial charge in [-0.05, 0) is 133 Å². The van der Waals surface area contributed by atoms with E-state index in [0.29, 0.717) is 38.5 Å². The number of aliphatic hydroxyl groups excluding tert-OH is 2. The molecule has 0 unspecified atom stereocenters. The maximum absolute atomic E-state index is 15.2. The summed E-state index contributed by atoms with van der Waals surface area (Å²) < 4.78 is 216. The molecule has 23 nitrogen and oxygen atoms in total. The number of aryl methyl sites for hydroxylation is 2. The summed E-state index contributed by atoms with van der Waals surface area (Å²) in [7, 11) is -17.6. The van der Waals surface area contributed by atoms with Crippen molar-refractivity contribution < 1.29 is 96.7 Å². The molecule has 40 heteroatoms. The van der Waals surface area contributed by atoms with Gasteiger partial charge in [-0.3, -0.25) is 37.4 Å². The van der Waals surface area contributed by atoms with E-state index < -0.39 is 132 Å². The van der Waals surface area contributed by atoms with Gasteiger partial charge in [-0.2, -0.15) is 64.8 Å². The fourth-order valence-electron chi connectivity index (χ4n) is 7.98. The van der Waals surface area contributed by atoms with Crippen LogP contribution in [0.4, 0.5) is 48.3 Å². The standard InChI is InChI=1S/C24H18F4IN3O7S.C23H19FIN3O5.C4HI.C2F6O5S2.CH4/c1-12-19(39-40(37,38)24(26,27)28)18-20(30(2)21(12)34)32(17-8-7-15(29)9-16(17)25)23(36)31(22(18)35)10-13-3-5-14(11-33)6-4-13;1-12-19(30)18-20(26(2)21(12)31)28(17-8-7-15(25)9-16(17)24)23(33)27(22(18)32)10-13-3-5-14(11-29)6-4-13;1-2-3-4-5;3-1(4,5)14(9,10)13-15(11,12)2(6,7)8;/h3-9,33H,10-11H2,1-2H3;3-9,29-30H,10-11H2,1-2H3;1H;;1H4. The molecule has 0 aliphatic carbocycles. The Morgan fingerprint density at radius 3 is 1.20 bits per heavy atom. The lowest BCUT2D eigenvalue weighted by Crippen LogP contribution is -2.43. The van der Waals surface area contributed by atoms with E-state index in [4.69, 9.17) is 6.42 Å². The van der Waals surface area contributed by atoms with Crippen LogP contribution in [0.2, 0.25) is 0 Å². The number of aromatic nitrogens is 6. The number of rotatable bonds is 12. The molecule has 8 aromatic rings. The maximum atomic E-state index is 15.2. The number of pyridine rings is 2. The molecular formula is C54H42F11I3N6O17S3. The molecule has 94 heavy (non-hydrogen) atoms. The SMILES string of the molecule is C.C#CC#CI.Cc1c(O)c2c(=O)n(Cc3ccc(CO)cc3)c(=O)n(-c3ccc(I)cc3F)c2n(C)c1=O.Cc1c(OS(=O)(=O)C(F)(F)F)c2c(=O)n(Cc3ccc(CO)cc3)c(=O)n(-c3ccc(I)cc3F)c2n(C)c1=O.O=S(=O)(OS(=O)(=O)C(F)(F)F)C(F)(F)F. The van der Waals surface area contributed by atoms with Gasteiger partial charge in [0, 0.05) is 43.8 Å². The maximum Gasteiger partial charge on any atom is 0.534 e. The van der Waals surface area contributed by atoms with Crippen LogP contribution < -0.4 is 37.8 Å². The number of alkyl halides is 9. The quantitative estimate of drug-likeness (QED) is 0.0359. The van der Waals surface area contributed by atoms with Gasteiger partial charge in [-0.15, -0.1) is 10.1 Å². The van der Waals surface area contributed by atoms with E-state index in [0.717, 1.165) is 44.4 Å². The highest BCUT2D eigenvalue weighted by atomic mass is 127. The summed E-state index contributed by atoms with van der Waals surface area (Å²) >= 11 is 5.61. The molecule has 0 spiro atoms. The van der Waals surface area contributed by atoms with Gasteiger partial charge in [0.2, 0.25) is 0 Å². The van der Waals surface area contributed by atoms with E-state index in [1.807, 2.05) is 48.8 Å². The van der Waals surface area contributed by atoms with Gasteiger partial charge in [0.15, 0.2) is 5.75 Å². The summed E-state index contributed by atoms with van der Waals surface area (Å²) in [4.78, 5) is 80.0. The lowest BCUT2D eigenvalue weighted by atomic mass is 10.1. The van der Waals surface area contributed by atoms with Crippen molar-refractivity contribution in [2.45, 2.75) is 64.1 Å². The molecular weight excluding hydrogens is 1690 g/mol. The summed E-state index contributed by atoms with van der Waals surface area (Å²) in [6.45, 7) is 1.22. The van der Waals surface area contributed by atoms with E-state index in [1.54, 1.807) is 52.9 Å². The molecule has 0 radical (unpaired) electrons. The number of terminal acetylenes is 1. The number of nitrogens with zero attached hydrogens (tertiary/aromatic N) is 6. The van der Waals surface area contributed by atoms with Gasteiger partial charge in [0.1, 0.15) is 39.5 Å². The molecule has 0 fully saturated rings. The molecule has 0 saturated carbocycles. The number of benzene rings is 4. The Labute approximate surface area is 562 Å². The van der Waals surface area contributed by atoms with E-state index >= 15 is 4.39 Å². The second-order valence-corrected chi connectivity index (χ2v) is 26.3. The molecule has 4 aromatic heterocycles. The van der Waals surface area contributed by atoms with Crippen molar-refractivity contribution in [3.05, 3.63) is 199 Å². The summed E-state index contributed by atoms with van der Waals surface area (Å²) in [6, 6.07) is 20.3. The van der Waals surface area contributed by atoms with Gasteiger partial charge in [0.05, 0.1) is 48.8 Å². The molecule has 8 rings (SSSR count).